The number of carbonyl (C=O) groups excluding carboxylic acids is 4. The summed E-state index contributed by atoms with van der Waals surface area (Å²) in [6.07, 6.45) is -1.09. The average Bonchev–Trinajstić information content (AvgIpc) is 1.73. The van der Waals surface area contributed by atoms with Crippen LogP contribution in [0.1, 0.15) is 55.4 Å². The Kier molecular flexibility index (Phi) is 29.0. The number of rotatable bonds is 23. The summed E-state index contributed by atoms with van der Waals surface area (Å²) in [6.45, 7) is 7.01. The molecule has 119 heavy (non-hydrogen) atoms. The van der Waals surface area contributed by atoms with E-state index in [1.807, 2.05) is 16.0 Å². The Hall–Kier alpha value is -11.7. The molecular weight excluding hydrogens is 1690 g/mol. The van der Waals surface area contributed by atoms with Gasteiger partial charge in [-0.3, -0.25) is 19.2 Å². The number of amides is 4. The van der Waals surface area contributed by atoms with Crippen molar-refractivity contribution in [2.24, 2.45) is 17.8 Å². The van der Waals surface area contributed by atoms with E-state index in [4.69, 9.17) is 46.4 Å². The van der Waals surface area contributed by atoms with Gasteiger partial charge < -0.3 is 61.6 Å². The van der Waals surface area contributed by atoms with Crippen LogP contribution < -0.4 is 41.7 Å². The number of aromatic amines is 4. The first-order valence-corrected chi connectivity index (χ1v) is 36.7. The van der Waals surface area contributed by atoms with Gasteiger partial charge in [-0.2, -0.15) is 57.7 Å². The lowest BCUT2D eigenvalue weighted by atomic mass is 9.87. The molecule has 0 radical (unpaired) electrons. The van der Waals surface area contributed by atoms with Crippen molar-refractivity contribution in [1.29, 1.82) is 0 Å². The lowest BCUT2D eigenvalue weighted by Gasteiger charge is -2.34. The second-order valence-electron chi connectivity index (χ2n) is 27.4. The minimum Gasteiger partial charge on any atom is -0.353 e. The van der Waals surface area contributed by atoms with Crippen molar-refractivity contribution in [1.82, 2.24) is 106 Å². The molecule has 634 valence electrons. The van der Waals surface area contributed by atoms with E-state index < -0.39 is 122 Å². The van der Waals surface area contributed by atoms with Gasteiger partial charge in [-0.15, -0.1) is 0 Å². The molecule has 0 unspecified atom stereocenters. The molecule has 29 nitrogen and oxygen atoms in total. The fourth-order valence-electron chi connectivity index (χ4n) is 11.5. The number of H-pyrrole nitrogens is 4. The van der Waals surface area contributed by atoms with E-state index in [1.54, 1.807) is 114 Å². The third kappa shape index (κ3) is 24.0. The number of hydrogen-bond acceptors (Lipinski definition) is 21. The van der Waals surface area contributed by atoms with Crippen LogP contribution in [0, 0.1) is 29.4 Å². The van der Waals surface area contributed by atoms with E-state index in [0.717, 1.165) is 17.8 Å². The van der Waals surface area contributed by atoms with Crippen LogP contribution in [-0.4, -0.2) is 197 Å². The van der Waals surface area contributed by atoms with Gasteiger partial charge in [-0.05, 0) is 61.9 Å². The molecule has 12 aromatic rings. The SMILES string of the molecule is CC(C)[C@H](C(=O)NCC(F)(F)F)N(C)c1ccnc(-c2c[nH]c3ncc(Cl)cc23)n1.CC(C)[C@H](C(=O)NCC(F)(F)F)N(C)c1nc(-c2c[nH]c3ncc(Cl)cc23)ncc1F.CC(C)[C@](C)(Nc1nc(-c2c[nH]c3ncc(Cl)cc23)ncc1F)C(=O)NCC(F)(F)F.C[C@@H](Nc1ncnc(-c2c[nH]c3ncc(Cl)cc23)n1)C(=O)NCC(F)(F)F. The van der Waals surface area contributed by atoms with Gasteiger partial charge in [0.15, 0.2) is 46.6 Å². The molecule has 4 amide bonds. The van der Waals surface area contributed by atoms with Gasteiger partial charge in [0.25, 0.3) is 0 Å². The molecule has 12 heterocycles. The lowest BCUT2D eigenvalue weighted by Crippen LogP contribution is -2.55. The van der Waals surface area contributed by atoms with Gasteiger partial charge in [-0.1, -0.05) is 87.9 Å². The number of nitrogens with zero attached hydrogens (tertiary/aromatic N) is 15. The Morgan fingerprint density at radius 2 is 0.815 bits per heavy atom. The minimum atomic E-state index is -4.58. The van der Waals surface area contributed by atoms with Crippen LogP contribution in [0.4, 0.5) is 84.9 Å². The van der Waals surface area contributed by atoms with Crippen LogP contribution in [0.3, 0.4) is 0 Å². The van der Waals surface area contributed by atoms with E-state index in [0.29, 0.717) is 92.7 Å². The predicted molar refractivity (Wildman–Crippen MR) is 416 cm³/mol. The minimum absolute atomic E-state index is 0.0407. The zero-order valence-electron chi connectivity index (χ0n) is 63.8. The van der Waals surface area contributed by atoms with Crippen molar-refractivity contribution >= 4 is 138 Å². The van der Waals surface area contributed by atoms with Crippen LogP contribution in [0.25, 0.3) is 89.7 Å². The van der Waals surface area contributed by atoms with Gasteiger partial charge in [0, 0.05) is 114 Å². The zero-order chi connectivity index (χ0) is 87.6. The summed E-state index contributed by atoms with van der Waals surface area (Å²) in [5.41, 5.74) is 2.92. The smallest absolute Gasteiger partial charge is 0.353 e. The number of fused-ring (bicyclic) bond motifs is 4. The molecule has 0 aromatic carbocycles. The molecule has 47 heteroatoms. The summed E-state index contributed by atoms with van der Waals surface area (Å²) >= 11 is 24.0. The standard InChI is InChI=1S/2C19H19ClF4N6O.C19H20ClF3N6O.C15H13ClF3N7O/c1-9(2)18(3,17(31)28-8-19(22,23)24)30-16-13(21)7-27-15(29-16)12-6-26-14-11(12)4-10(20)5-25-14;1-9(2)14(18(31)28-8-19(22,23)24)30(3)17-13(21)7-27-16(29-17)12-6-26-15-11(12)4-10(20)5-25-15;1-10(2)15(18(30)27-9-19(21,22)23)29(3)14-4-5-24-17(28-14)13-8-26-16-12(13)6-11(20)7-25-16;1-7(13(27)22-5-15(17,18)19)25-14-24-6-23-12(26-14)10-4-21-11-9(10)2-8(16)3-20-11/h4-7,9H,8H2,1-3H3,(H,25,26)(H,28,31)(H,27,29,30);4-7,9,14H,8H2,1-3H3,(H,25,26)(H,28,31);4-8,10,15H,9H2,1-3H3,(H,25,26)(H,27,30);2-4,6-7H,5H2,1H3,(H,20,21)(H,22,27)(H,23,24,25,26)/t18-;14-;15-;7-/m0111/s1. The van der Waals surface area contributed by atoms with Gasteiger partial charge in [-0.25, -0.2) is 68.6 Å². The van der Waals surface area contributed by atoms with Crippen LogP contribution in [0.15, 0.2) is 105 Å². The number of hydrogen-bond donors (Lipinski definition) is 10. The fourth-order valence-corrected chi connectivity index (χ4v) is 12.2. The largest absolute Gasteiger partial charge is 0.405 e. The molecular formula is C72H71Cl4F14N25O4. The van der Waals surface area contributed by atoms with Gasteiger partial charge in [0.2, 0.25) is 29.6 Å². The van der Waals surface area contributed by atoms with E-state index in [2.05, 4.69) is 95.4 Å². The maximum absolute atomic E-state index is 14.6. The number of alkyl halides is 12. The third-order valence-electron chi connectivity index (χ3n) is 17.5. The molecule has 12 aromatic heterocycles. The highest BCUT2D eigenvalue weighted by Crippen LogP contribution is 2.35. The van der Waals surface area contributed by atoms with Crippen molar-refractivity contribution < 1.29 is 80.6 Å². The Morgan fingerprint density at radius 3 is 1.22 bits per heavy atom. The summed E-state index contributed by atoms with van der Waals surface area (Å²) in [4.78, 5) is 118. The van der Waals surface area contributed by atoms with E-state index in [-0.39, 0.29) is 41.0 Å². The first kappa shape index (κ1) is 91.2. The number of pyridine rings is 4. The molecule has 4 atom stereocenters. The molecule has 10 N–H and O–H groups in total. The van der Waals surface area contributed by atoms with E-state index >= 15 is 0 Å². The number of halogens is 18. The average molecular weight is 1760 g/mol. The van der Waals surface area contributed by atoms with Gasteiger partial charge in [0.05, 0.1) is 32.5 Å². The second-order valence-corrected chi connectivity index (χ2v) is 29.1. The molecule has 0 bridgehead atoms. The number of likely N-dealkylation sites (N-methyl/N-ethyl adjacent to an activating group) is 2. The highest BCUT2D eigenvalue weighted by molar-refractivity contribution is 6.32. The highest BCUT2D eigenvalue weighted by Gasteiger charge is 2.41. The monoisotopic (exact) mass is 1760 g/mol. The quantitative estimate of drug-likeness (QED) is 0.0266. The fraction of sp³-hybridized carbons (Fsp3) is 0.347. The summed E-state index contributed by atoms with van der Waals surface area (Å²) in [6, 6.07) is 5.37. The molecule has 0 fully saturated rings. The maximum Gasteiger partial charge on any atom is 0.405 e. The van der Waals surface area contributed by atoms with Crippen molar-refractivity contribution in [3.63, 3.8) is 0 Å². The Morgan fingerprint density at radius 1 is 0.445 bits per heavy atom. The zero-order valence-corrected chi connectivity index (χ0v) is 66.8. The summed E-state index contributed by atoms with van der Waals surface area (Å²) in [7, 11) is 3.00. The maximum atomic E-state index is 14.6. The molecule has 0 saturated heterocycles. The lowest BCUT2D eigenvalue weighted by molar-refractivity contribution is -0.141. The molecule has 0 spiro atoms. The topological polar surface area (TPSA) is 378 Å². The Bertz CT molecular complexity index is 5590. The molecule has 0 aliphatic rings. The van der Waals surface area contributed by atoms with Crippen molar-refractivity contribution in [2.45, 2.75) is 104 Å². The van der Waals surface area contributed by atoms with Crippen molar-refractivity contribution in [3.05, 3.63) is 137 Å². The van der Waals surface area contributed by atoms with Crippen LogP contribution in [-0.2, 0) is 19.2 Å². The molecule has 0 saturated carbocycles. The third-order valence-corrected chi connectivity index (χ3v) is 18.4. The normalized spacial score (nSPS) is 13.2. The number of nitrogens with one attached hydrogen (secondary N) is 10. The number of aromatic nitrogens is 17. The highest BCUT2D eigenvalue weighted by atomic mass is 35.5. The van der Waals surface area contributed by atoms with Crippen LogP contribution in [0.5, 0.6) is 0 Å². The van der Waals surface area contributed by atoms with Gasteiger partial charge >= 0.3 is 24.7 Å². The first-order valence-electron chi connectivity index (χ1n) is 35.2. The molecule has 0 aliphatic heterocycles. The Balaban J connectivity index is 0.000000181. The Labute approximate surface area is 685 Å². The second kappa shape index (κ2) is 37.9. The van der Waals surface area contributed by atoms with Crippen LogP contribution in [0.2, 0.25) is 20.1 Å². The summed E-state index contributed by atoms with van der Waals surface area (Å²) in [5.74, 6) is -5.51. The summed E-state index contributed by atoms with van der Waals surface area (Å²) < 4.78 is 178. The van der Waals surface area contributed by atoms with Crippen LogP contribution >= 0.6 is 46.4 Å². The molecule has 12 rings (SSSR count). The summed E-state index contributed by atoms with van der Waals surface area (Å²) in [5, 5.41) is 17.0. The van der Waals surface area contributed by atoms with E-state index in [1.165, 1.54) is 63.1 Å². The number of anilines is 4. The molecule has 0 aliphatic carbocycles. The van der Waals surface area contributed by atoms with Gasteiger partial charge in [0.1, 0.15) is 84.6 Å². The number of carbonyl (C=O) groups is 4. The van der Waals surface area contributed by atoms with Crippen molar-refractivity contribution in [2.75, 3.05) is 60.7 Å². The van der Waals surface area contributed by atoms with Crippen molar-refractivity contribution in [3.8, 4) is 45.6 Å². The predicted octanol–water partition coefficient (Wildman–Crippen LogP) is 14.6. The first-order chi connectivity index (χ1) is 55.7. The van der Waals surface area contributed by atoms with E-state index in [9.17, 15) is 80.6 Å².